The highest BCUT2D eigenvalue weighted by molar-refractivity contribution is 5.88. The van der Waals surface area contributed by atoms with Crippen molar-refractivity contribution in [2.24, 2.45) is 16.8 Å². The molecule has 3 nitrogen and oxygen atoms in total. The first kappa shape index (κ1) is 18.0. The summed E-state index contributed by atoms with van der Waals surface area (Å²) in [6, 6.07) is 7.96. The second-order valence-electron chi connectivity index (χ2n) is 6.79. The number of benzene rings is 1. The number of nitrogens with zero attached hydrogens (tertiary/aromatic N) is 2. The van der Waals surface area contributed by atoms with Crippen LogP contribution in [-0.4, -0.2) is 5.71 Å². The molecule has 1 fully saturated rings. The summed E-state index contributed by atoms with van der Waals surface area (Å²) in [5, 5.41) is 12.7. The van der Waals surface area contributed by atoms with Gasteiger partial charge in [0.2, 0.25) is 0 Å². The second kappa shape index (κ2) is 7.97. The number of rotatable bonds is 7. The lowest BCUT2D eigenvalue weighted by atomic mass is 10.0. The number of nitriles is 1. The van der Waals surface area contributed by atoms with Gasteiger partial charge >= 0.3 is 0 Å². The molecule has 2 rings (SSSR count). The van der Waals surface area contributed by atoms with Crippen molar-refractivity contribution < 1.29 is 0 Å². The molecule has 0 saturated heterocycles. The van der Waals surface area contributed by atoms with E-state index in [1.807, 2.05) is 32.0 Å². The summed E-state index contributed by atoms with van der Waals surface area (Å²) in [5.41, 5.74) is 5.60. The molecule has 1 aromatic rings. The van der Waals surface area contributed by atoms with E-state index in [1.165, 1.54) is 12.8 Å². The van der Waals surface area contributed by atoms with Gasteiger partial charge < -0.3 is 5.32 Å². The number of hydrogen-bond donors (Lipinski definition) is 1. The van der Waals surface area contributed by atoms with Crippen molar-refractivity contribution in [3.05, 3.63) is 47.7 Å². The van der Waals surface area contributed by atoms with Crippen molar-refractivity contribution in [1.29, 1.82) is 5.26 Å². The molecule has 0 aliphatic heterocycles. The third kappa shape index (κ3) is 4.83. The van der Waals surface area contributed by atoms with Crippen LogP contribution in [0.3, 0.4) is 0 Å². The first-order chi connectivity index (χ1) is 11.4. The fraction of sp³-hybridized carbons (Fsp3) is 0.429. The van der Waals surface area contributed by atoms with E-state index in [0.29, 0.717) is 17.4 Å². The molecule has 24 heavy (non-hydrogen) atoms. The van der Waals surface area contributed by atoms with Gasteiger partial charge in [-0.15, -0.1) is 0 Å². The van der Waals surface area contributed by atoms with Gasteiger partial charge in [-0.2, -0.15) is 5.26 Å². The van der Waals surface area contributed by atoms with Crippen LogP contribution >= 0.6 is 0 Å². The predicted molar refractivity (Wildman–Crippen MR) is 103 cm³/mol. The highest BCUT2D eigenvalue weighted by Gasteiger charge is 2.25. The van der Waals surface area contributed by atoms with Crippen LogP contribution < -0.4 is 5.32 Å². The zero-order valence-corrected chi connectivity index (χ0v) is 15.2. The molecule has 0 heterocycles. The normalized spacial score (nSPS) is 15.4. The number of hydrogen-bond acceptors (Lipinski definition) is 3. The number of anilines is 1. The van der Waals surface area contributed by atoms with E-state index in [2.05, 4.69) is 37.9 Å². The topological polar surface area (TPSA) is 48.2 Å². The molecule has 0 bridgehead atoms. The summed E-state index contributed by atoms with van der Waals surface area (Å²) < 4.78 is 0. The number of allylic oxidation sites excluding steroid dienone is 2. The molecule has 1 N–H and O–H groups in total. The summed E-state index contributed by atoms with van der Waals surface area (Å²) in [6.45, 7) is 12.5. The first-order valence-electron chi connectivity index (χ1n) is 8.68. The smallest absolute Gasteiger partial charge is 0.0992 e. The molecule has 0 amide bonds. The van der Waals surface area contributed by atoms with Gasteiger partial charge in [-0.25, -0.2) is 0 Å². The summed E-state index contributed by atoms with van der Waals surface area (Å²) in [7, 11) is 0. The Labute approximate surface area is 145 Å². The van der Waals surface area contributed by atoms with Gasteiger partial charge in [-0.1, -0.05) is 32.9 Å². The average Bonchev–Trinajstić information content (AvgIpc) is 3.38. The van der Waals surface area contributed by atoms with Crippen LogP contribution in [0.1, 0.15) is 58.1 Å². The molecular weight excluding hydrogens is 294 g/mol. The molecule has 0 aromatic heterocycles. The van der Waals surface area contributed by atoms with E-state index in [0.717, 1.165) is 34.8 Å². The van der Waals surface area contributed by atoms with Crippen LogP contribution in [0, 0.1) is 23.2 Å². The molecule has 1 unspecified atom stereocenters. The molecule has 1 saturated carbocycles. The number of nitrogens with one attached hydrogen (secondary N) is 1. The van der Waals surface area contributed by atoms with E-state index in [1.54, 1.807) is 0 Å². The molecule has 3 heteroatoms. The fourth-order valence-corrected chi connectivity index (χ4v) is 2.46. The highest BCUT2D eigenvalue weighted by Crippen LogP contribution is 2.37. The molecule has 1 atom stereocenters. The lowest BCUT2D eigenvalue weighted by Crippen LogP contribution is -2.04. The Morgan fingerprint density at radius 3 is 2.71 bits per heavy atom. The summed E-state index contributed by atoms with van der Waals surface area (Å²) in [5.74, 6) is 1.00. The average molecular weight is 321 g/mol. The maximum Gasteiger partial charge on any atom is 0.0992 e. The Kier molecular flexibility index (Phi) is 5.98. The first-order valence-corrected chi connectivity index (χ1v) is 8.68. The SMILES string of the molecule is C=C(Nc1cc(C#N)ccc1/C(=C/C(C)CC)N=C(C)C)C1CC1. The van der Waals surface area contributed by atoms with Gasteiger partial charge in [0.15, 0.2) is 0 Å². The fourth-order valence-electron chi connectivity index (χ4n) is 2.46. The maximum atomic E-state index is 9.23. The lowest BCUT2D eigenvalue weighted by Gasteiger charge is -2.16. The van der Waals surface area contributed by atoms with Crippen molar-refractivity contribution in [1.82, 2.24) is 0 Å². The monoisotopic (exact) mass is 321 g/mol. The van der Waals surface area contributed by atoms with Crippen LogP contribution in [0.2, 0.25) is 0 Å². The Balaban J connectivity index is 2.48. The van der Waals surface area contributed by atoms with Crippen LogP contribution in [0.25, 0.3) is 5.70 Å². The van der Waals surface area contributed by atoms with Gasteiger partial charge in [-0.3, -0.25) is 4.99 Å². The molecule has 126 valence electrons. The maximum absolute atomic E-state index is 9.23. The Morgan fingerprint density at radius 1 is 1.46 bits per heavy atom. The standard InChI is InChI=1S/C21H27N3/c1-6-15(4)11-20(23-14(2)3)19-10-7-17(13-22)12-21(19)24-16(5)18-8-9-18/h7,10-12,15,18,24H,5-6,8-9H2,1-4H3/b20-11-. The van der Waals surface area contributed by atoms with Crippen LogP contribution in [0.5, 0.6) is 0 Å². The van der Waals surface area contributed by atoms with Crippen molar-refractivity contribution in [2.45, 2.75) is 47.0 Å². The Hall–Kier alpha value is -2.34. The molecule has 1 aliphatic carbocycles. The Bertz CT molecular complexity index is 711. The molecule has 1 aromatic carbocycles. The van der Waals surface area contributed by atoms with Crippen LogP contribution in [0.4, 0.5) is 5.69 Å². The quantitative estimate of drug-likeness (QED) is 0.649. The molecular formula is C21H27N3. The third-order valence-electron chi connectivity index (χ3n) is 4.22. The second-order valence-corrected chi connectivity index (χ2v) is 6.79. The summed E-state index contributed by atoms with van der Waals surface area (Å²) in [6.07, 6.45) is 5.66. The zero-order chi connectivity index (χ0) is 17.7. The van der Waals surface area contributed by atoms with E-state index in [-0.39, 0.29) is 0 Å². The van der Waals surface area contributed by atoms with Crippen molar-refractivity contribution in [2.75, 3.05) is 5.32 Å². The highest BCUT2D eigenvalue weighted by atomic mass is 14.9. The lowest BCUT2D eigenvalue weighted by molar-refractivity contribution is 0.699. The minimum absolute atomic E-state index is 0.443. The van der Waals surface area contributed by atoms with E-state index in [9.17, 15) is 5.26 Å². The van der Waals surface area contributed by atoms with Crippen molar-refractivity contribution in [3.63, 3.8) is 0 Å². The Morgan fingerprint density at radius 2 is 2.17 bits per heavy atom. The van der Waals surface area contributed by atoms with Gasteiger partial charge in [-0.05, 0) is 56.7 Å². The zero-order valence-electron chi connectivity index (χ0n) is 15.2. The minimum atomic E-state index is 0.443. The predicted octanol–water partition coefficient (Wildman–Crippen LogP) is 5.76. The van der Waals surface area contributed by atoms with Gasteiger partial charge in [0, 0.05) is 22.7 Å². The minimum Gasteiger partial charge on any atom is -0.359 e. The van der Waals surface area contributed by atoms with E-state index in [4.69, 9.17) is 4.99 Å². The summed E-state index contributed by atoms with van der Waals surface area (Å²) >= 11 is 0. The van der Waals surface area contributed by atoms with Gasteiger partial charge in [0.05, 0.1) is 17.3 Å². The largest absolute Gasteiger partial charge is 0.359 e. The van der Waals surface area contributed by atoms with Crippen molar-refractivity contribution >= 4 is 17.1 Å². The van der Waals surface area contributed by atoms with Gasteiger partial charge in [0.25, 0.3) is 0 Å². The summed E-state index contributed by atoms with van der Waals surface area (Å²) in [4.78, 5) is 4.74. The van der Waals surface area contributed by atoms with E-state index >= 15 is 0 Å². The molecule has 0 radical (unpaired) electrons. The molecule has 0 spiro atoms. The third-order valence-corrected chi connectivity index (χ3v) is 4.22. The van der Waals surface area contributed by atoms with Crippen LogP contribution in [0.15, 0.2) is 41.5 Å². The molecule has 1 aliphatic rings. The van der Waals surface area contributed by atoms with E-state index < -0.39 is 0 Å². The van der Waals surface area contributed by atoms with Crippen LogP contribution in [-0.2, 0) is 0 Å². The number of aliphatic imine (C=N–C) groups is 1. The van der Waals surface area contributed by atoms with Gasteiger partial charge in [0.1, 0.15) is 0 Å². The van der Waals surface area contributed by atoms with Crippen molar-refractivity contribution in [3.8, 4) is 6.07 Å².